The third-order valence-electron chi connectivity index (χ3n) is 4.37. The van der Waals surface area contributed by atoms with Crippen molar-refractivity contribution in [3.8, 4) is 5.69 Å². The van der Waals surface area contributed by atoms with Crippen LogP contribution >= 0.6 is 0 Å². The Bertz CT molecular complexity index is 1130. The molecule has 4 aromatic rings. The summed E-state index contributed by atoms with van der Waals surface area (Å²) in [5, 5.41) is 8.09. The summed E-state index contributed by atoms with van der Waals surface area (Å²) in [5.41, 5.74) is 3.08. The van der Waals surface area contributed by atoms with Crippen molar-refractivity contribution in [1.29, 1.82) is 0 Å². The molecule has 28 heavy (non-hydrogen) atoms. The molecule has 8 nitrogen and oxygen atoms in total. The van der Waals surface area contributed by atoms with E-state index in [-0.39, 0.29) is 5.91 Å². The van der Waals surface area contributed by atoms with Crippen molar-refractivity contribution in [3.05, 3.63) is 83.8 Å². The molecule has 0 fully saturated rings. The van der Waals surface area contributed by atoms with Gasteiger partial charge in [0.05, 0.1) is 11.3 Å². The normalized spacial score (nSPS) is 10.8. The molecular weight excluding hydrogens is 358 g/mol. The van der Waals surface area contributed by atoms with Gasteiger partial charge in [0.15, 0.2) is 0 Å². The van der Waals surface area contributed by atoms with E-state index in [9.17, 15) is 9.59 Å². The molecule has 8 heteroatoms. The van der Waals surface area contributed by atoms with Gasteiger partial charge in [-0.1, -0.05) is 12.1 Å². The highest BCUT2D eigenvalue weighted by atomic mass is 16.7. The number of carbonyl (C=O) groups excluding carboxylic acids is 2. The fourth-order valence-corrected chi connectivity index (χ4v) is 2.92. The second kappa shape index (κ2) is 7.37. The quantitative estimate of drug-likeness (QED) is 0.463. The third-order valence-corrected chi connectivity index (χ3v) is 4.37. The largest absolute Gasteiger partial charge is 0.370 e. The number of hydrogen-bond acceptors (Lipinski definition) is 5. The molecule has 2 heterocycles. The van der Waals surface area contributed by atoms with Gasteiger partial charge in [-0.25, -0.2) is 9.48 Å². The molecule has 4 N–H and O–H groups in total. The van der Waals surface area contributed by atoms with Crippen LogP contribution in [-0.2, 0) is 11.4 Å². The highest BCUT2D eigenvalue weighted by Gasteiger charge is 2.14. The third kappa shape index (κ3) is 3.36. The Balaban J connectivity index is 1.55. The fraction of sp³-hybridized carbons (Fsp3) is 0.0500. The number of amides is 1. The minimum absolute atomic E-state index is 0.161. The van der Waals surface area contributed by atoms with E-state index >= 15 is 0 Å². The number of aromatic amines is 1. The number of H-pyrrole nitrogens is 1. The summed E-state index contributed by atoms with van der Waals surface area (Å²) in [7, 11) is 0. The second-order valence-corrected chi connectivity index (χ2v) is 6.17. The molecule has 0 aliphatic heterocycles. The topological polar surface area (TPSA) is 115 Å². The van der Waals surface area contributed by atoms with E-state index in [4.69, 9.17) is 5.90 Å². The standard InChI is InChI=1S/C20H17N5O3/c21-28-20(27)17-3-1-2-15-12-25(24-18(15)17)16-6-4-14(5-7-16)19(26)23-11-13-8-9-22-10-13/h1-10,12,22H,11,21H2,(H,23,26). The summed E-state index contributed by atoms with van der Waals surface area (Å²) < 4.78 is 1.64. The van der Waals surface area contributed by atoms with Crippen molar-refractivity contribution in [1.82, 2.24) is 20.1 Å². The van der Waals surface area contributed by atoms with Crippen molar-refractivity contribution in [2.75, 3.05) is 0 Å². The zero-order valence-corrected chi connectivity index (χ0v) is 14.8. The van der Waals surface area contributed by atoms with Crippen molar-refractivity contribution < 1.29 is 14.4 Å². The van der Waals surface area contributed by atoms with Gasteiger partial charge in [0.2, 0.25) is 0 Å². The first-order valence-corrected chi connectivity index (χ1v) is 8.55. The first-order chi connectivity index (χ1) is 13.7. The smallest absolute Gasteiger partial charge is 0.358 e. The van der Waals surface area contributed by atoms with E-state index in [1.54, 1.807) is 47.3 Å². The van der Waals surface area contributed by atoms with E-state index in [1.165, 1.54) is 0 Å². The zero-order valence-electron chi connectivity index (χ0n) is 14.8. The Hall–Kier alpha value is -3.91. The van der Waals surface area contributed by atoms with Gasteiger partial charge in [-0.15, -0.1) is 0 Å². The highest BCUT2D eigenvalue weighted by Crippen LogP contribution is 2.20. The van der Waals surface area contributed by atoms with Gasteiger partial charge >= 0.3 is 5.97 Å². The van der Waals surface area contributed by atoms with Crippen LogP contribution in [0, 0.1) is 0 Å². The molecule has 0 unspecified atom stereocenters. The predicted octanol–water partition coefficient (Wildman–Crippen LogP) is 2.31. The van der Waals surface area contributed by atoms with Crippen LogP contribution in [0.4, 0.5) is 0 Å². The Morgan fingerprint density at radius 1 is 1.14 bits per heavy atom. The number of nitrogens with one attached hydrogen (secondary N) is 2. The van der Waals surface area contributed by atoms with Crippen LogP contribution in [0.25, 0.3) is 16.6 Å². The molecule has 0 bridgehead atoms. The van der Waals surface area contributed by atoms with Crippen molar-refractivity contribution in [2.45, 2.75) is 6.54 Å². The van der Waals surface area contributed by atoms with E-state index in [0.717, 1.165) is 16.6 Å². The number of fused-ring (bicyclic) bond motifs is 1. The molecule has 0 aliphatic rings. The summed E-state index contributed by atoms with van der Waals surface area (Å²) in [6.07, 6.45) is 5.44. The SMILES string of the molecule is NOC(=O)c1cccc2cn(-c3ccc(C(=O)NCc4cc[nH]c4)cc3)nc12. The van der Waals surface area contributed by atoms with Crippen LogP contribution in [0.3, 0.4) is 0 Å². The van der Waals surface area contributed by atoms with E-state index in [0.29, 0.717) is 23.2 Å². The summed E-state index contributed by atoms with van der Waals surface area (Å²) in [6, 6.07) is 14.1. The maximum absolute atomic E-state index is 12.3. The number of carbonyl (C=O) groups is 2. The van der Waals surface area contributed by atoms with E-state index in [2.05, 4.69) is 20.2 Å². The molecule has 0 atom stereocenters. The van der Waals surface area contributed by atoms with Crippen molar-refractivity contribution in [3.63, 3.8) is 0 Å². The van der Waals surface area contributed by atoms with Gasteiger partial charge in [-0.05, 0) is 42.0 Å². The minimum Gasteiger partial charge on any atom is -0.370 e. The van der Waals surface area contributed by atoms with Gasteiger partial charge in [0, 0.05) is 36.1 Å². The van der Waals surface area contributed by atoms with Crippen LogP contribution in [-0.4, -0.2) is 26.6 Å². The first-order valence-electron chi connectivity index (χ1n) is 8.55. The minimum atomic E-state index is -0.648. The Morgan fingerprint density at radius 3 is 2.68 bits per heavy atom. The predicted molar refractivity (Wildman–Crippen MR) is 103 cm³/mol. The van der Waals surface area contributed by atoms with Crippen LogP contribution in [0.2, 0.25) is 0 Å². The summed E-state index contributed by atoms with van der Waals surface area (Å²) >= 11 is 0. The number of benzene rings is 2. The summed E-state index contributed by atoms with van der Waals surface area (Å²) in [6.45, 7) is 0.453. The lowest BCUT2D eigenvalue weighted by molar-refractivity contribution is 0.0505. The molecule has 1 amide bonds. The van der Waals surface area contributed by atoms with Crippen LogP contribution in [0.5, 0.6) is 0 Å². The molecule has 0 aliphatic carbocycles. The number of rotatable bonds is 5. The molecule has 0 radical (unpaired) electrons. The monoisotopic (exact) mass is 375 g/mol. The first kappa shape index (κ1) is 17.5. The molecule has 2 aromatic carbocycles. The molecule has 0 saturated carbocycles. The number of hydrogen-bond donors (Lipinski definition) is 3. The Morgan fingerprint density at radius 2 is 1.96 bits per heavy atom. The summed E-state index contributed by atoms with van der Waals surface area (Å²) in [5.74, 6) is 4.18. The number of nitrogens with zero attached hydrogens (tertiary/aromatic N) is 2. The molecule has 4 rings (SSSR count). The maximum atomic E-state index is 12.3. The lowest BCUT2D eigenvalue weighted by Gasteiger charge is -2.06. The van der Waals surface area contributed by atoms with E-state index in [1.807, 2.05) is 24.5 Å². The number of aromatic nitrogens is 3. The molecule has 140 valence electrons. The van der Waals surface area contributed by atoms with Gasteiger partial charge in [-0.2, -0.15) is 11.0 Å². The molecule has 0 saturated heterocycles. The molecule has 2 aromatic heterocycles. The highest BCUT2D eigenvalue weighted by molar-refractivity contribution is 6.02. The zero-order chi connectivity index (χ0) is 19.5. The van der Waals surface area contributed by atoms with Crippen LogP contribution in [0.1, 0.15) is 26.3 Å². The van der Waals surface area contributed by atoms with E-state index < -0.39 is 5.97 Å². The van der Waals surface area contributed by atoms with Crippen LogP contribution < -0.4 is 11.2 Å². The fourth-order valence-electron chi connectivity index (χ4n) is 2.92. The van der Waals surface area contributed by atoms with Gasteiger partial charge in [0.1, 0.15) is 5.52 Å². The number of nitrogens with two attached hydrogens (primary N) is 1. The molecular formula is C20H17N5O3. The maximum Gasteiger partial charge on any atom is 0.358 e. The van der Waals surface area contributed by atoms with Gasteiger partial charge < -0.3 is 15.1 Å². The second-order valence-electron chi connectivity index (χ2n) is 6.17. The average molecular weight is 375 g/mol. The lowest BCUT2D eigenvalue weighted by Crippen LogP contribution is -2.22. The van der Waals surface area contributed by atoms with Crippen molar-refractivity contribution in [2.24, 2.45) is 5.90 Å². The van der Waals surface area contributed by atoms with Gasteiger partial charge in [0.25, 0.3) is 5.91 Å². The lowest BCUT2D eigenvalue weighted by atomic mass is 10.1. The average Bonchev–Trinajstić information content (AvgIpc) is 3.40. The van der Waals surface area contributed by atoms with Gasteiger partial charge in [-0.3, -0.25) is 4.79 Å². The summed E-state index contributed by atoms with van der Waals surface area (Å²) in [4.78, 5) is 31.3. The van der Waals surface area contributed by atoms with Crippen LogP contribution in [0.15, 0.2) is 67.1 Å². The van der Waals surface area contributed by atoms with Crippen molar-refractivity contribution >= 4 is 22.8 Å². The Kier molecular flexibility index (Phi) is 4.61. The molecule has 0 spiro atoms. The Labute approximate surface area is 159 Å².